The van der Waals surface area contributed by atoms with Crippen molar-refractivity contribution >= 4 is 40.9 Å². The van der Waals surface area contributed by atoms with Crippen LogP contribution in [0.4, 0.5) is 5.69 Å². The highest BCUT2D eigenvalue weighted by atomic mass is 35.5. The lowest BCUT2D eigenvalue weighted by Gasteiger charge is -2.10. The van der Waals surface area contributed by atoms with Crippen LogP contribution in [0.3, 0.4) is 0 Å². The second-order valence-corrected chi connectivity index (χ2v) is 8.92. The minimum Gasteiger partial charge on any atom is -0.345 e. The first kappa shape index (κ1) is 24.5. The van der Waals surface area contributed by atoms with Crippen molar-refractivity contribution in [2.45, 2.75) is 38.0 Å². The van der Waals surface area contributed by atoms with Gasteiger partial charge >= 0.3 is 0 Å². The number of benzene rings is 2. The maximum Gasteiger partial charge on any atom is 0.253 e. The van der Waals surface area contributed by atoms with Crippen LogP contribution in [-0.2, 0) is 17.9 Å². The molecule has 0 aliphatic heterocycles. The van der Waals surface area contributed by atoms with E-state index in [1.54, 1.807) is 30.3 Å². The third-order valence-electron chi connectivity index (χ3n) is 4.82. The van der Waals surface area contributed by atoms with Crippen LogP contribution < -0.4 is 10.6 Å². The second-order valence-electron chi connectivity index (χ2n) is 7.57. The first-order valence-electron chi connectivity index (χ1n) is 10.5. The fourth-order valence-corrected chi connectivity index (χ4v) is 4.04. The van der Waals surface area contributed by atoms with Crippen molar-refractivity contribution < 1.29 is 9.59 Å². The Morgan fingerprint density at radius 1 is 1.15 bits per heavy atom. The number of nitrogens with one attached hydrogen (secondary N) is 2. The maximum atomic E-state index is 12.4. The number of anilines is 1. The van der Waals surface area contributed by atoms with Gasteiger partial charge < -0.3 is 15.2 Å². The molecular formula is C24H26ClN5O2S. The highest BCUT2D eigenvalue weighted by Gasteiger charge is 2.16. The van der Waals surface area contributed by atoms with Gasteiger partial charge in [0, 0.05) is 12.2 Å². The third kappa shape index (κ3) is 6.69. The minimum atomic E-state index is -0.300. The number of hydrogen-bond acceptors (Lipinski definition) is 5. The summed E-state index contributed by atoms with van der Waals surface area (Å²) < 4.78 is 1.81. The van der Waals surface area contributed by atoms with E-state index in [-0.39, 0.29) is 24.1 Å². The van der Waals surface area contributed by atoms with Crippen molar-refractivity contribution in [3.8, 4) is 0 Å². The lowest BCUT2D eigenvalue weighted by molar-refractivity contribution is -0.113. The molecule has 0 saturated heterocycles. The van der Waals surface area contributed by atoms with Gasteiger partial charge in [-0.25, -0.2) is 0 Å². The maximum absolute atomic E-state index is 12.4. The average Bonchev–Trinajstić information content (AvgIpc) is 3.18. The van der Waals surface area contributed by atoms with Gasteiger partial charge in [-0.15, -0.1) is 16.8 Å². The molecule has 0 saturated carbocycles. The van der Waals surface area contributed by atoms with Crippen LogP contribution in [0.2, 0.25) is 5.02 Å². The lowest BCUT2D eigenvalue weighted by Crippen LogP contribution is -2.25. The number of halogens is 1. The van der Waals surface area contributed by atoms with E-state index in [2.05, 4.69) is 41.3 Å². The Kier molecular flexibility index (Phi) is 8.68. The molecule has 2 amide bonds. The van der Waals surface area contributed by atoms with Gasteiger partial charge in [-0.3, -0.25) is 9.59 Å². The topological polar surface area (TPSA) is 88.9 Å². The molecule has 0 radical (unpaired) electrons. The smallest absolute Gasteiger partial charge is 0.253 e. The van der Waals surface area contributed by atoms with Crippen molar-refractivity contribution in [1.29, 1.82) is 0 Å². The molecule has 0 aliphatic rings. The van der Waals surface area contributed by atoms with Gasteiger partial charge in [0.05, 0.1) is 22.9 Å². The number of hydrogen-bond donors (Lipinski definition) is 2. The fraction of sp³-hybridized carbons (Fsp3) is 0.250. The summed E-state index contributed by atoms with van der Waals surface area (Å²) in [7, 11) is 0. The fourth-order valence-electron chi connectivity index (χ4n) is 3.05. The molecule has 7 nitrogen and oxygen atoms in total. The molecule has 3 rings (SSSR count). The second kappa shape index (κ2) is 11.7. The summed E-state index contributed by atoms with van der Waals surface area (Å²) in [5, 5.41) is 15.0. The third-order valence-corrected chi connectivity index (χ3v) is 6.12. The van der Waals surface area contributed by atoms with Gasteiger partial charge in [-0.1, -0.05) is 67.6 Å². The van der Waals surface area contributed by atoms with E-state index in [0.29, 0.717) is 34.0 Å². The molecule has 0 bridgehead atoms. The van der Waals surface area contributed by atoms with E-state index in [4.69, 9.17) is 11.6 Å². The van der Waals surface area contributed by atoms with Crippen molar-refractivity contribution in [2.75, 3.05) is 11.1 Å². The van der Waals surface area contributed by atoms with Crippen LogP contribution in [0.25, 0.3) is 0 Å². The highest BCUT2D eigenvalue weighted by molar-refractivity contribution is 7.99. The number of nitrogens with zero attached hydrogens (tertiary/aromatic N) is 3. The molecule has 0 spiro atoms. The van der Waals surface area contributed by atoms with Crippen LogP contribution in [0.1, 0.15) is 41.5 Å². The molecule has 0 unspecified atom stereocenters. The molecule has 0 aliphatic carbocycles. The summed E-state index contributed by atoms with van der Waals surface area (Å²) in [5.74, 6) is 0.727. The van der Waals surface area contributed by atoms with Crippen molar-refractivity contribution in [3.05, 3.63) is 83.2 Å². The number of amides is 2. The number of thioether (sulfide) groups is 1. The molecule has 3 aromatic rings. The molecule has 1 aromatic heterocycles. The van der Waals surface area contributed by atoms with Gasteiger partial charge in [0.25, 0.3) is 5.91 Å². The standard InChI is InChI=1S/C24H26ClN5O2S/c1-4-13-30-21(14-26-23(32)19-7-5-6-8-20(19)25)28-29-24(30)33-15-22(31)27-18-11-9-17(10-12-18)16(2)3/h4-12,16H,1,13-15H2,2-3H3,(H,26,32)(H,27,31). The SMILES string of the molecule is C=CCn1c(CNC(=O)c2ccccc2Cl)nnc1SCC(=O)Nc1ccc(C(C)C)cc1. The quantitative estimate of drug-likeness (QED) is 0.316. The Bertz CT molecular complexity index is 1130. The zero-order valence-electron chi connectivity index (χ0n) is 18.5. The number of allylic oxidation sites excluding steroid dienone is 1. The molecule has 2 aromatic carbocycles. The number of aromatic nitrogens is 3. The van der Waals surface area contributed by atoms with E-state index < -0.39 is 0 Å². The summed E-state index contributed by atoms with van der Waals surface area (Å²) in [6.45, 7) is 8.64. The summed E-state index contributed by atoms with van der Waals surface area (Å²) in [6.07, 6.45) is 1.71. The number of carbonyl (C=O) groups excluding carboxylic acids is 2. The van der Waals surface area contributed by atoms with Crippen LogP contribution in [0, 0.1) is 0 Å². The Hall–Kier alpha value is -3.10. The van der Waals surface area contributed by atoms with Crippen LogP contribution in [-0.4, -0.2) is 32.3 Å². The average molecular weight is 484 g/mol. The molecule has 2 N–H and O–H groups in total. The van der Waals surface area contributed by atoms with E-state index in [1.807, 2.05) is 28.8 Å². The van der Waals surface area contributed by atoms with Crippen LogP contribution >= 0.6 is 23.4 Å². The number of carbonyl (C=O) groups is 2. The summed E-state index contributed by atoms with van der Waals surface area (Å²) in [5.41, 5.74) is 2.36. The summed E-state index contributed by atoms with van der Waals surface area (Å²) in [6, 6.07) is 14.7. The van der Waals surface area contributed by atoms with Crippen molar-refractivity contribution in [2.24, 2.45) is 0 Å². The Morgan fingerprint density at radius 2 is 1.88 bits per heavy atom. The van der Waals surface area contributed by atoms with Crippen molar-refractivity contribution in [1.82, 2.24) is 20.1 Å². The van der Waals surface area contributed by atoms with E-state index >= 15 is 0 Å². The molecule has 172 valence electrons. The highest BCUT2D eigenvalue weighted by Crippen LogP contribution is 2.20. The van der Waals surface area contributed by atoms with E-state index in [1.165, 1.54) is 17.3 Å². The van der Waals surface area contributed by atoms with Crippen LogP contribution in [0.5, 0.6) is 0 Å². The zero-order valence-corrected chi connectivity index (χ0v) is 20.1. The first-order valence-corrected chi connectivity index (χ1v) is 11.8. The van der Waals surface area contributed by atoms with E-state index in [0.717, 1.165) is 5.69 Å². The van der Waals surface area contributed by atoms with Gasteiger partial charge in [0.2, 0.25) is 5.91 Å². The Balaban J connectivity index is 1.59. The largest absolute Gasteiger partial charge is 0.345 e. The Morgan fingerprint density at radius 3 is 2.55 bits per heavy atom. The molecule has 0 atom stereocenters. The number of rotatable bonds is 10. The van der Waals surface area contributed by atoms with Crippen LogP contribution in [0.15, 0.2) is 66.3 Å². The monoisotopic (exact) mass is 483 g/mol. The van der Waals surface area contributed by atoms with Gasteiger partial charge in [0.15, 0.2) is 11.0 Å². The van der Waals surface area contributed by atoms with Gasteiger partial charge in [0.1, 0.15) is 0 Å². The lowest BCUT2D eigenvalue weighted by atomic mass is 10.0. The molecule has 1 heterocycles. The molecule has 0 fully saturated rings. The summed E-state index contributed by atoms with van der Waals surface area (Å²) >= 11 is 7.36. The normalized spacial score (nSPS) is 10.8. The minimum absolute atomic E-state index is 0.140. The predicted molar refractivity (Wildman–Crippen MR) is 133 cm³/mol. The molecular weight excluding hydrogens is 458 g/mol. The zero-order chi connectivity index (χ0) is 23.8. The summed E-state index contributed by atoms with van der Waals surface area (Å²) in [4.78, 5) is 24.8. The predicted octanol–water partition coefficient (Wildman–Crippen LogP) is 4.90. The van der Waals surface area contributed by atoms with Gasteiger partial charge in [-0.2, -0.15) is 0 Å². The molecule has 9 heteroatoms. The first-order chi connectivity index (χ1) is 15.9. The van der Waals surface area contributed by atoms with Crippen molar-refractivity contribution in [3.63, 3.8) is 0 Å². The van der Waals surface area contributed by atoms with Gasteiger partial charge in [-0.05, 0) is 35.7 Å². The Labute approximate surface area is 202 Å². The van der Waals surface area contributed by atoms with E-state index in [9.17, 15) is 9.59 Å². The molecule has 33 heavy (non-hydrogen) atoms.